The van der Waals surface area contributed by atoms with Gasteiger partial charge in [0, 0.05) is 11.3 Å². The molecule has 1 aromatic rings. The molecule has 0 saturated heterocycles. The maximum Gasteiger partial charge on any atom is 0.0837 e. The number of rotatable bonds is 8. The molecule has 120 valence electrons. The summed E-state index contributed by atoms with van der Waals surface area (Å²) in [6.07, 6.45) is 2.65. The van der Waals surface area contributed by atoms with Crippen LogP contribution in [0.3, 0.4) is 0 Å². The van der Waals surface area contributed by atoms with Crippen molar-refractivity contribution in [1.82, 2.24) is 0 Å². The molecule has 0 bridgehead atoms. The van der Waals surface area contributed by atoms with Crippen molar-refractivity contribution in [3.8, 4) is 0 Å². The first-order valence-corrected chi connectivity index (χ1v) is 8.25. The average molecular weight is 293 g/mol. The molecule has 0 saturated carbocycles. The standard InChI is InChI=1S/C18H31NO2/c1-5-12(6-2)17(20)14-9-10-16(19)15(11-14)18(21)13(7-3)8-4/h9-13,17-18,20-21H,5-8,19H2,1-4H3. The third-order valence-corrected chi connectivity index (χ3v) is 4.76. The lowest BCUT2D eigenvalue weighted by atomic mass is 9.86. The van der Waals surface area contributed by atoms with Crippen LogP contribution >= 0.6 is 0 Å². The van der Waals surface area contributed by atoms with Crippen LogP contribution in [-0.4, -0.2) is 10.2 Å². The van der Waals surface area contributed by atoms with Gasteiger partial charge in [0.15, 0.2) is 0 Å². The summed E-state index contributed by atoms with van der Waals surface area (Å²) in [6.45, 7) is 8.34. The maximum atomic E-state index is 10.6. The molecule has 0 spiro atoms. The summed E-state index contributed by atoms with van der Waals surface area (Å²) in [4.78, 5) is 0. The van der Waals surface area contributed by atoms with Crippen molar-refractivity contribution in [2.75, 3.05) is 5.73 Å². The molecule has 4 N–H and O–H groups in total. The van der Waals surface area contributed by atoms with Gasteiger partial charge in [-0.05, 0) is 29.5 Å². The first kappa shape index (κ1) is 18.0. The smallest absolute Gasteiger partial charge is 0.0837 e. The van der Waals surface area contributed by atoms with Gasteiger partial charge in [0.1, 0.15) is 0 Å². The summed E-state index contributed by atoms with van der Waals surface area (Å²) in [5.41, 5.74) is 8.26. The van der Waals surface area contributed by atoms with E-state index in [9.17, 15) is 10.2 Å². The Morgan fingerprint density at radius 2 is 1.33 bits per heavy atom. The zero-order valence-corrected chi connectivity index (χ0v) is 13.8. The maximum absolute atomic E-state index is 10.6. The predicted molar refractivity (Wildman–Crippen MR) is 88.9 cm³/mol. The molecule has 0 aliphatic rings. The number of anilines is 1. The molecule has 2 unspecified atom stereocenters. The van der Waals surface area contributed by atoms with Crippen LogP contribution in [0.2, 0.25) is 0 Å². The minimum absolute atomic E-state index is 0.202. The fourth-order valence-electron chi connectivity index (χ4n) is 3.03. The lowest BCUT2D eigenvalue weighted by Gasteiger charge is -2.25. The molecule has 1 aromatic carbocycles. The van der Waals surface area contributed by atoms with Crippen LogP contribution in [0.5, 0.6) is 0 Å². The second-order valence-corrected chi connectivity index (χ2v) is 5.93. The highest BCUT2D eigenvalue weighted by Crippen LogP contribution is 2.34. The van der Waals surface area contributed by atoms with Crippen LogP contribution in [0, 0.1) is 11.8 Å². The molecule has 2 atom stereocenters. The van der Waals surface area contributed by atoms with E-state index in [0.717, 1.165) is 36.8 Å². The molecule has 21 heavy (non-hydrogen) atoms. The number of benzene rings is 1. The van der Waals surface area contributed by atoms with Crippen molar-refractivity contribution in [3.05, 3.63) is 29.3 Å². The topological polar surface area (TPSA) is 66.5 Å². The highest BCUT2D eigenvalue weighted by molar-refractivity contribution is 5.50. The number of nitrogen functional groups attached to an aromatic ring is 1. The number of hydrogen-bond acceptors (Lipinski definition) is 3. The highest BCUT2D eigenvalue weighted by Gasteiger charge is 2.23. The Morgan fingerprint density at radius 1 is 0.857 bits per heavy atom. The van der Waals surface area contributed by atoms with Gasteiger partial charge in [0.2, 0.25) is 0 Å². The van der Waals surface area contributed by atoms with Crippen LogP contribution in [-0.2, 0) is 0 Å². The Morgan fingerprint density at radius 3 is 1.81 bits per heavy atom. The average Bonchev–Trinajstić information content (AvgIpc) is 2.49. The largest absolute Gasteiger partial charge is 0.398 e. The van der Waals surface area contributed by atoms with E-state index < -0.39 is 12.2 Å². The van der Waals surface area contributed by atoms with Gasteiger partial charge in [-0.2, -0.15) is 0 Å². The van der Waals surface area contributed by atoms with Gasteiger partial charge >= 0.3 is 0 Å². The molecule has 3 nitrogen and oxygen atoms in total. The van der Waals surface area contributed by atoms with Crippen LogP contribution < -0.4 is 5.73 Å². The predicted octanol–water partition coefficient (Wildman–Crippen LogP) is 4.21. The van der Waals surface area contributed by atoms with E-state index in [0.29, 0.717) is 5.69 Å². The first-order chi connectivity index (χ1) is 9.99. The van der Waals surface area contributed by atoms with E-state index in [1.165, 1.54) is 0 Å². The van der Waals surface area contributed by atoms with Crippen LogP contribution in [0.1, 0.15) is 76.7 Å². The van der Waals surface area contributed by atoms with Gasteiger partial charge in [-0.3, -0.25) is 0 Å². The van der Waals surface area contributed by atoms with Gasteiger partial charge in [0.05, 0.1) is 12.2 Å². The summed E-state index contributed by atoms with van der Waals surface area (Å²) in [7, 11) is 0. The van der Waals surface area contributed by atoms with Crippen molar-refractivity contribution >= 4 is 5.69 Å². The fraction of sp³-hybridized carbons (Fsp3) is 0.667. The molecule has 0 aliphatic heterocycles. The van der Waals surface area contributed by atoms with Gasteiger partial charge < -0.3 is 15.9 Å². The summed E-state index contributed by atoms with van der Waals surface area (Å²) in [6, 6.07) is 5.57. The Balaban J connectivity index is 3.09. The molecule has 0 aromatic heterocycles. The van der Waals surface area contributed by atoms with Gasteiger partial charge in [-0.15, -0.1) is 0 Å². The quantitative estimate of drug-likeness (QED) is 0.629. The number of nitrogens with two attached hydrogens (primary N) is 1. The van der Waals surface area contributed by atoms with Gasteiger partial charge in [0.25, 0.3) is 0 Å². The van der Waals surface area contributed by atoms with E-state index in [1.807, 2.05) is 18.2 Å². The van der Waals surface area contributed by atoms with E-state index in [-0.39, 0.29) is 11.8 Å². The van der Waals surface area contributed by atoms with Crippen molar-refractivity contribution in [3.63, 3.8) is 0 Å². The van der Waals surface area contributed by atoms with Crippen molar-refractivity contribution in [2.45, 2.75) is 65.6 Å². The third kappa shape index (κ3) is 4.21. The third-order valence-electron chi connectivity index (χ3n) is 4.76. The molecule has 0 fully saturated rings. The second-order valence-electron chi connectivity index (χ2n) is 5.93. The summed E-state index contributed by atoms with van der Waals surface area (Å²) >= 11 is 0. The lowest BCUT2D eigenvalue weighted by molar-refractivity contribution is 0.0976. The van der Waals surface area contributed by atoms with Crippen LogP contribution in [0.15, 0.2) is 18.2 Å². The van der Waals surface area contributed by atoms with Crippen molar-refractivity contribution < 1.29 is 10.2 Å². The molecule has 0 amide bonds. The van der Waals surface area contributed by atoms with E-state index in [1.54, 1.807) is 0 Å². The minimum Gasteiger partial charge on any atom is -0.398 e. The molecular formula is C18H31NO2. The van der Waals surface area contributed by atoms with Crippen molar-refractivity contribution in [2.24, 2.45) is 11.8 Å². The van der Waals surface area contributed by atoms with E-state index in [2.05, 4.69) is 27.7 Å². The monoisotopic (exact) mass is 293 g/mol. The van der Waals surface area contributed by atoms with Crippen LogP contribution in [0.4, 0.5) is 5.69 Å². The molecule has 0 radical (unpaired) electrons. The molecule has 0 heterocycles. The molecular weight excluding hydrogens is 262 g/mol. The lowest BCUT2D eigenvalue weighted by Crippen LogP contribution is -2.15. The summed E-state index contributed by atoms with van der Waals surface area (Å²) in [5, 5.41) is 21.1. The Kier molecular flexibility index (Phi) is 7.20. The van der Waals surface area contributed by atoms with Crippen LogP contribution in [0.25, 0.3) is 0 Å². The Hall–Kier alpha value is -1.06. The SMILES string of the molecule is CCC(CC)C(O)c1ccc(N)c(C(O)C(CC)CC)c1. The second kappa shape index (κ2) is 8.40. The zero-order valence-electron chi connectivity index (χ0n) is 13.8. The van der Waals surface area contributed by atoms with E-state index in [4.69, 9.17) is 5.73 Å². The Labute approximate surface area is 129 Å². The van der Waals surface area contributed by atoms with Gasteiger partial charge in [-0.1, -0.05) is 59.4 Å². The molecule has 0 aliphatic carbocycles. The number of hydrogen-bond donors (Lipinski definition) is 3. The normalized spacial score (nSPS) is 14.7. The summed E-state index contributed by atoms with van der Waals surface area (Å²) < 4.78 is 0. The first-order valence-electron chi connectivity index (χ1n) is 8.25. The summed E-state index contributed by atoms with van der Waals surface area (Å²) in [5.74, 6) is 0.444. The number of aliphatic hydroxyl groups excluding tert-OH is 2. The Bertz CT molecular complexity index is 425. The highest BCUT2D eigenvalue weighted by atomic mass is 16.3. The van der Waals surface area contributed by atoms with Gasteiger partial charge in [-0.25, -0.2) is 0 Å². The molecule has 3 heteroatoms. The zero-order chi connectivity index (χ0) is 16.0. The van der Waals surface area contributed by atoms with Crippen molar-refractivity contribution in [1.29, 1.82) is 0 Å². The minimum atomic E-state index is -0.561. The number of aliphatic hydroxyl groups is 2. The molecule has 1 rings (SSSR count). The van der Waals surface area contributed by atoms with E-state index >= 15 is 0 Å². The fourth-order valence-corrected chi connectivity index (χ4v) is 3.03.